The lowest BCUT2D eigenvalue weighted by atomic mass is 9.78. The Morgan fingerprint density at radius 2 is 1.62 bits per heavy atom. The number of piperidine rings is 1. The van der Waals surface area contributed by atoms with E-state index in [0.717, 1.165) is 5.56 Å². The smallest absolute Gasteiger partial charge is 0.416 e. The van der Waals surface area contributed by atoms with Crippen molar-refractivity contribution in [2.45, 2.75) is 63.8 Å². The van der Waals surface area contributed by atoms with Gasteiger partial charge in [-0.3, -0.25) is 4.79 Å². The molecule has 0 aliphatic carbocycles. The summed E-state index contributed by atoms with van der Waals surface area (Å²) in [6, 6.07) is 10.8. The van der Waals surface area contributed by atoms with Gasteiger partial charge in [0.2, 0.25) is 0 Å². The van der Waals surface area contributed by atoms with E-state index < -0.39 is 47.3 Å². The van der Waals surface area contributed by atoms with Crippen molar-refractivity contribution >= 4 is 5.97 Å². The maximum atomic E-state index is 13.4. The van der Waals surface area contributed by atoms with Crippen molar-refractivity contribution in [3.8, 4) is 0 Å². The van der Waals surface area contributed by atoms with Gasteiger partial charge in [0.1, 0.15) is 0 Å². The lowest BCUT2D eigenvalue weighted by Gasteiger charge is -2.43. The molecule has 1 N–H and O–H groups in total. The van der Waals surface area contributed by atoms with Crippen molar-refractivity contribution in [3.63, 3.8) is 0 Å². The van der Waals surface area contributed by atoms with Crippen molar-refractivity contribution in [2.24, 2.45) is 11.3 Å². The highest BCUT2D eigenvalue weighted by molar-refractivity contribution is 5.74. The van der Waals surface area contributed by atoms with E-state index in [9.17, 15) is 36.2 Å². The Kier molecular flexibility index (Phi) is 8.87. The van der Waals surface area contributed by atoms with Crippen LogP contribution in [0, 0.1) is 11.3 Å². The first-order chi connectivity index (χ1) is 18.7. The average molecular weight is 574 g/mol. The van der Waals surface area contributed by atoms with Crippen LogP contribution in [0.1, 0.15) is 67.4 Å². The first kappa shape index (κ1) is 30.3. The van der Waals surface area contributed by atoms with Crippen LogP contribution in [0.5, 0.6) is 0 Å². The standard InChI is InChI=1S/C29H33F6NO4/c1-18(21-14-22(28(30,31)32)16-23(15-21)29(33,34)35)40-25-24(19-6-4-3-5-7-19)20(8-13-39-25)17-36-11-9-27(2,10-12-36)26(37)38/h3-7,14-16,18,20,24-25H,8-13,17H2,1-2H3,(H,37,38)/t18-,20+,24+,25-/m1/s1. The Morgan fingerprint density at radius 1 is 1.05 bits per heavy atom. The molecule has 11 heteroatoms. The molecule has 4 rings (SSSR count). The lowest BCUT2D eigenvalue weighted by Crippen LogP contribution is -2.47. The quantitative estimate of drug-likeness (QED) is 0.357. The fraction of sp³-hybridized carbons (Fsp3) is 0.552. The van der Waals surface area contributed by atoms with E-state index in [1.165, 1.54) is 6.92 Å². The van der Waals surface area contributed by atoms with Crippen molar-refractivity contribution in [3.05, 3.63) is 70.8 Å². The summed E-state index contributed by atoms with van der Waals surface area (Å²) in [6.45, 7) is 5.32. The van der Waals surface area contributed by atoms with Gasteiger partial charge in [-0.15, -0.1) is 0 Å². The molecular weight excluding hydrogens is 540 g/mol. The molecule has 0 saturated carbocycles. The zero-order chi connectivity index (χ0) is 29.3. The van der Waals surface area contributed by atoms with Gasteiger partial charge in [-0.25, -0.2) is 0 Å². The number of halogens is 6. The van der Waals surface area contributed by atoms with Gasteiger partial charge in [-0.1, -0.05) is 30.3 Å². The topological polar surface area (TPSA) is 59.0 Å². The number of carboxylic acids is 1. The van der Waals surface area contributed by atoms with Crippen LogP contribution in [0.15, 0.2) is 48.5 Å². The summed E-state index contributed by atoms with van der Waals surface area (Å²) in [5.41, 5.74) is -2.92. The van der Waals surface area contributed by atoms with Crippen molar-refractivity contribution in [2.75, 3.05) is 26.2 Å². The van der Waals surface area contributed by atoms with Crippen molar-refractivity contribution < 1.29 is 45.7 Å². The van der Waals surface area contributed by atoms with Crippen LogP contribution >= 0.6 is 0 Å². The fourth-order valence-electron chi connectivity index (χ4n) is 5.54. The van der Waals surface area contributed by atoms with Crippen LogP contribution in [0.4, 0.5) is 26.3 Å². The van der Waals surface area contributed by atoms with E-state index in [1.807, 2.05) is 30.3 Å². The Hall–Kier alpha value is -2.63. The maximum absolute atomic E-state index is 13.4. The number of nitrogens with zero attached hydrogens (tertiary/aromatic N) is 1. The molecule has 0 amide bonds. The van der Waals surface area contributed by atoms with Gasteiger partial charge in [-0.2, -0.15) is 26.3 Å². The van der Waals surface area contributed by atoms with Crippen LogP contribution in [-0.2, 0) is 26.6 Å². The molecule has 2 aromatic rings. The van der Waals surface area contributed by atoms with Gasteiger partial charge in [0.05, 0.1) is 29.3 Å². The molecule has 5 nitrogen and oxygen atoms in total. The Bertz CT molecular complexity index is 1130. The molecule has 2 aliphatic heterocycles. The fourth-order valence-corrected chi connectivity index (χ4v) is 5.54. The third-order valence-electron chi connectivity index (χ3n) is 8.14. The SMILES string of the molecule is C[C@@H](O[C@H]1OCC[C@@H](CN2CCC(C)(C(=O)O)CC2)[C@@H]1c1ccccc1)c1cc(C(F)(F)F)cc(C(F)(F)F)c1. The second-order valence-corrected chi connectivity index (χ2v) is 11.0. The summed E-state index contributed by atoms with van der Waals surface area (Å²) in [5, 5.41) is 9.56. The Labute approximate surface area is 229 Å². The number of carbonyl (C=O) groups is 1. The third kappa shape index (κ3) is 6.98. The maximum Gasteiger partial charge on any atom is 0.416 e. The zero-order valence-corrected chi connectivity index (χ0v) is 22.3. The number of rotatable bonds is 7. The van der Waals surface area contributed by atoms with E-state index in [-0.39, 0.29) is 23.5 Å². The number of hydrogen-bond acceptors (Lipinski definition) is 4. The average Bonchev–Trinajstić information content (AvgIpc) is 2.89. The zero-order valence-electron chi connectivity index (χ0n) is 22.3. The van der Waals surface area contributed by atoms with E-state index >= 15 is 0 Å². The summed E-state index contributed by atoms with van der Waals surface area (Å²) >= 11 is 0. The molecule has 220 valence electrons. The lowest BCUT2D eigenvalue weighted by molar-refractivity contribution is -0.210. The molecule has 0 unspecified atom stereocenters. The molecule has 4 atom stereocenters. The van der Waals surface area contributed by atoms with E-state index in [2.05, 4.69) is 4.90 Å². The molecule has 2 aliphatic rings. The molecule has 0 spiro atoms. The van der Waals surface area contributed by atoms with Gasteiger partial charge in [0.15, 0.2) is 6.29 Å². The summed E-state index contributed by atoms with van der Waals surface area (Å²) in [6.07, 6.45) is -10.3. The number of benzene rings is 2. The first-order valence-corrected chi connectivity index (χ1v) is 13.2. The summed E-state index contributed by atoms with van der Waals surface area (Å²) in [5.74, 6) is -1.14. The minimum atomic E-state index is -4.96. The number of likely N-dealkylation sites (tertiary alicyclic amines) is 1. The van der Waals surface area contributed by atoms with Crippen LogP contribution < -0.4 is 0 Å². The number of carboxylic acid groups (broad SMARTS) is 1. The third-order valence-corrected chi connectivity index (χ3v) is 8.14. The van der Waals surface area contributed by atoms with Gasteiger partial charge in [-0.05, 0) is 81.4 Å². The van der Waals surface area contributed by atoms with Gasteiger partial charge in [0, 0.05) is 12.5 Å². The van der Waals surface area contributed by atoms with Gasteiger partial charge < -0.3 is 19.5 Å². The van der Waals surface area contributed by atoms with Gasteiger partial charge >= 0.3 is 18.3 Å². The number of aliphatic carboxylic acids is 1. The summed E-state index contributed by atoms with van der Waals surface area (Å²) in [4.78, 5) is 13.9. The van der Waals surface area contributed by atoms with Crippen LogP contribution in [-0.4, -0.2) is 48.5 Å². The highest BCUT2D eigenvalue weighted by Gasteiger charge is 2.42. The molecular formula is C29H33F6NO4. The van der Waals surface area contributed by atoms with Crippen LogP contribution in [0.2, 0.25) is 0 Å². The molecule has 40 heavy (non-hydrogen) atoms. The first-order valence-electron chi connectivity index (χ1n) is 13.2. The van der Waals surface area contributed by atoms with Gasteiger partial charge in [0.25, 0.3) is 0 Å². The molecule has 0 radical (unpaired) electrons. The van der Waals surface area contributed by atoms with Crippen molar-refractivity contribution in [1.29, 1.82) is 0 Å². The highest BCUT2D eigenvalue weighted by atomic mass is 19.4. The highest BCUT2D eigenvalue weighted by Crippen LogP contribution is 2.42. The van der Waals surface area contributed by atoms with Crippen LogP contribution in [0.3, 0.4) is 0 Å². The number of hydrogen-bond donors (Lipinski definition) is 1. The minimum Gasteiger partial charge on any atom is -0.481 e. The predicted octanol–water partition coefficient (Wildman–Crippen LogP) is 7.13. The molecule has 0 bridgehead atoms. The molecule has 2 saturated heterocycles. The second-order valence-electron chi connectivity index (χ2n) is 11.0. The predicted molar refractivity (Wildman–Crippen MR) is 134 cm³/mol. The number of ether oxygens (including phenoxy) is 2. The molecule has 2 heterocycles. The minimum absolute atomic E-state index is 0.00906. The monoisotopic (exact) mass is 573 g/mol. The molecule has 0 aromatic heterocycles. The van der Waals surface area contributed by atoms with E-state index in [1.54, 1.807) is 6.92 Å². The molecule has 2 aromatic carbocycles. The normalized spacial score (nSPS) is 24.9. The van der Waals surface area contributed by atoms with Crippen molar-refractivity contribution in [1.82, 2.24) is 4.90 Å². The number of alkyl halides is 6. The van der Waals surface area contributed by atoms with E-state index in [0.29, 0.717) is 57.6 Å². The Balaban J connectivity index is 1.58. The largest absolute Gasteiger partial charge is 0.481 e. The Morgan fingerprint density at radius 3 is 2.15 bits per heavy atom. The van der Waals surface area contributed by atoms with E-state index in [4.69, 9.17) is 9.47 Å². The summed E-state index contributed by atoms with van der Waals surface area (Å²) < 4.78 is 92.7. The second kappa shape index (κ2) is 11.7. The molecule has 2 fully saturated rings. The van der Waals surface area contributed by atoms with Crippen LogP contribution in [0.25, 0.3) is 0 Å². The summed E-state index contributed by atoms with van der Waals surface area (Å²) in [7, 11) is 0.